The third-order valence-corrected chi connectivity index (χ3v) is 4.42. The fourth-order valence-corrected chi connectivity index (χ4v) is 2.95. The van der Waals surface area contributed by atoms with Crippen LogP contribution < -0.4 is 10.1 Å². The quantitative estimate of drug-likeness (QED) is 0.825. The molecule has 0 aliphatic rings. The van der Waals surface area contributed by atoms with E-state index in [2.05, 4.69) is 38.2 Å². The number of anilines is 1. The fraction of sp³-hybridized carbons (Fsp3) is 0.375. The molecule has 1 N–H and O–H groups in total. The highest BCUT2D eigenvalue weighted by atomic mass is 35.5. The summed E-state index contributed by atoms with van der Waals surface area (Å²) in [5.41, 5.74) is 2.42. The zero-order valence-corrected chi connectivity index (χ0v) is 13.9. The molecule has 0 aliphatic carbocycles. The standard InChI is InChI=1S/C16H20ClNOS/c1-16(2,3)11-5-6-15(19-4)14(7-11)18-9-13-8-12(17)10-20-13/h5-8,10,18H,9H2,1-4H3. The Balaban J connectivity index is 2.20. The van der Waals surface area contributed by atoms with Crippen molar-refractivity contribution in [2.75, 3.05) is 12.4 Å². The first-order valence-electron chi connectivity index (χ1n) is 6.55. The second-order valence-corrected chi connectivity index (χ2v) is 7.18. The van der Waals surface area contributed by atoms with Gasteiger partial charge in [0.15, 0.2) is 0 Å². The van der Waals surface area contributed by atoms with Crippen molar-refractivity contribution in [2.45, 2.75) is 32.7 Å². The summed E-state index contributed by atoms with van der Waals surface area (Å²) in [7, 11) is 1.69. The van der Waals surface area contributed by atoms with Crippen molar-refractivity contribution in [3.05, 3.63) is 45.1 Å². The number of methoxy groups -OCH3 is 1. The van der Waals surface area contributed by atoms with Crippen LogP contribution in [-0.4, -0.2) is 7.11 Å². The van der Waals surface area contributed by atoms with Crippen LogP contribution in [0.3, 0.4) is 0 Å². The monoisotopic (exact) mass is 309 g/mol. The lowest BCUT2D eigenvalue weighted by Crippen LogP contribution is -2.12. The molecule has 2 aromatic rings. The van der Waals surface area contributed by atoms with Crippen LogP contribution in [0.15, 0.2) is 29.6 Å². The third-order valence-electron chi connectivity index (χ3n) is 3.14. The van der Waals surface area contributed by atoms with Gasteiger partial charge in [0.25, 0.3) is 0 Å². The maximum Gasteiger partial charge on any atom is 0.141 e. The molecule has 0 amide bonds. The minimum absolute atomic E-state index is 0.120. The van der Waals surface area contributed by atoms with Crippen LogP contribution in [0.1, 0.15) is 31.2 Å². The summed E-state index contributed by atoms with van der Waals surface area (Å²) in [5.74, 6) is 0.862. The molecule has 0 radical (unpaired) electrons. The zero-order valence-electron chi connectivity index (χ0n) is 12.3. The second-order valence-electron chi connectivity index (χ2n) is 5.75. The van der Waals surface area contributed by atoms with E-state index in [0.29, 0.717) is 0 Å². The molecule has 1 heterocycles. The minimum Gasteiger partial charge on any atom is -0.495 e. The molecule has 2 nitrogen and oxygen atoms in total. The first kappa shape index (κ1) is 15.2. The number of halogens is 1. The summed E-state index contributed by atoms with van der Waals surface area (Å²) in [5, 5.41) is 6.17. The van der Waals surface area contributed by atoms with E-state index in [4.69, 9.17) is 16.3 Å². The van der Waals surface area contributed by atoms with Gasteiger partial charge in [-0.2, -0.15) is 0 Å². The van der Waals surface area contributed by atoms with Crippen LogP contribution in [0.25, 0.3) is 0 Å². The van der Waals surface area contributed by atoms with Gasteiger partial charge in [-0.15, -0.1) is 11.3 Å². The maximum absolute atomic E-state index is 5.94. The number of rotatable bonds is 4. The number of ether oxygens (including phenoxy) is 1. The van der Waals surface area contributed by atoms with Gasteiger partial charge >= 0.3 is 0 Å². The van der Waals surface area contributed by atoms with Crippen LogP contribution in [0, 0.1) is 0 Å². The van der Waals surface area contributed by atoms with Gasteiger partial charge in [0.2, 0.25) is 0 Å². The molecule has 4 heteroatoms. The SMILES string of the molecule is COc1ccc(C(C)(C)C)cc1NCc1cc(Cl)cs1. The first-order chi connectivity index (χ1) is 9.40. The first-order valence-corrected chi connectivity index (χ1v) is 7.81. The van der Waals surface area contributed by atoms with E-state index in [1.165, 1.54) is 10.4 Å². The predicted octanol–water partition coefficient (Wildman–Crippen LogP) is 5.32. The summed E-state index contributed by atoms with van der Waals surface area (Å²) < 4.78 is 5.42. The van der Waals surface area contributed by atoms with Gasteiger partial charge in [-0.05, 0) is 29.2 Å². The topological polar surface area (TPSA) is 21.3 Å². The molecular formula is C16H20ClNOS. The van der Waals surface area contributed by atoms with E-state index in [1.54, 1.807) is 18.4 Å². The Morgan fingerprint density at radius 3 is 2.55 bits per heavy atom. The Bertz CT molecular complexity index is 586. The molecule has 0 saturated heterocycles. The molecule has 0 unspecified atom stereocenters. The highest BCUT2D eigenvalue weighted by molar-refractivity contribution is 7.10. The van der Waals surface area contributed by atoms with Gasteiger partial charge in [0, 0.05) is 16.8 Å². The van der Waals surface area contributed by atoms with Crippen molar-refractivity contribution in [3.63, 3.8) is 0 Å². The summed E-state index contributed by atoms with van der Waals surface area (Å²) in [6.45, 7) is 7.37. The van der Waals surface area contributed by atoms with Crippen LogP contribution >= 0.6 is 22.9 Å². The van der Waals surface area contributed by atoms with Crippen molar-refractivity contribution in [1.82, 2.24) is 0 Å². The predicted molar refractivity (Wildman–Crippen MR) is 88.3 cm³/mol. The van der Waals surface area contributed by atoms with E-state index in [9.17, 15) is 0 Å². The zero-order chi connectivity index (χ0) is 14.8. The van der Waals surface area contributed by atoms with Crippen LogP contribution in [0.2, 0.25) is 5.02 Å². The highest BCUT2D eigenvalue weighted by Gasteiger charge is 2.15. The molecular weight excluding hydrogens is 290 g/mol. The molecule has 0 fully saturated rings. The lowest BCUT2D eigenvalue weighted by atomic mass is 9.87. The van der Waals surface area contributed by atoms with Gasteiger partial charge < -0.3 is 10.1 Å². The Morgan fingerprint density at radius 1 is 1.25 bits per heavy atom. The minimum atomic E-state index is 0.120. The number of hydrogen-bond acceptors (Lipinski definition) is 3. The van der Waals surface area contributed by atoms with Gasteiger partial charge in [0.1, 0.15) is 5.75 Å². The molecule has 0 saturated carbocycles. The second kappa shape index (κ2) is 6.06. The van der Waals surface area contributed by atoms with Crippen molar-refractivity contribution in [3.8, 4) is 5.75 Å². The Morgan fingerprint density at radius 2 is 2.00 bits per heavy atom. The van der Waals surface area contributed by atoms with Crippen molar-refractivity contribution in [2.24, 2.45) is 0 Å². The van der Waals surface area contributed by atoms with Crippen molar-refractivity contribution >= 4 is 28.6 Å². The van der Waals surface area contributed by atoms with Crippen molar-refractivity contribution in [1.29, 1.82) is 0 Å². The molecule has 0 atom stereocenters. The van der Waals surface area contributed by atoms with E-state index >= 15 is 0 Å². The molecule has 2 rings (SSSR count). The van der Waals surface area contributed by atoms with E-state index in [0.717, 1.165) is 23.0 Å². The summed E-state index contributed by atoms with van der Waals surface area (Å²) >= 11 is 7.60. The molecule has 108 valence electrons. The molecule has 1 aromatic heterocycles. The Hall–Kier alpha value is -1.19. The summed E-state index contributed by atoms with van der Waals surface area (Å²) in [6.07, 6.45) is 0. The average molecular weight is 310 g/mol. The summed E-state index contributed by atoms with van der Waals surface area (Å²) in [4.78, 5) is 1.21. The number of benzene rings is 1. The smallest absolute Gasteiger partial charge is 0.141 e. The van der Waals surface area contributed by atoms with Gasteiger partial charge in [-0.3, -0.25) is 0 Å². The van der Waals surface area contributed by atoms with Crippen LogP contribution in [-0.2, 0) is 12.0 Å². The largest absolute Gasteiger partial charge is 0.495 e. The van der Waals surface area contributed by atoms with E-state index in [1.807, 2.05) is 17.5 Å². The van der Waals surface area contributed by atoms with Gasteiger partial charge in [-0.1, -0.05) is 38.4 Å². The average Bonchev–Trinajstić information content (AvgIpc) is 2.80. The lowest BCUT2D eigenvalue weighted by Gasteiger charge is -2.21. The molecule has 1 aromatic carbocycles. The number of nitrogens with one attached hydrogen (secondary N) is 1. The number of thiophene rings is 1. The normalized spacial score (nSPS) is 11.4. The molecule has 0 spiro atoms. The fourth-order valence-electron chi connectivity index (χ4n) is 1.94. The molecule has 0 aliphatic heterocycles. The molecule has 20 heavy (non-hydrogen) atoms. The lowest BCUT2D eigenvalue weighted by molar-refractivity contribution is 0.416. The Kier molecular flexibility index (Phi) is 4.61. The van der Waals surface area contributed by atoms with Gasteiger partial charge in [-0.25, -0.2) is 0 Å². The summed E-state index contributed by atoms with van der Waals surface area (Å²) in [6, 6.07) is 8.28. The van der Waals surface area contributed by atoms with Crippen LogP contribution in [0.4, 0.5) is 5.69 Å². The number of hydrogen-bond donors (Lipinski definition) is 1. The molecule has 0 bridgehead atoms. The Labute approximate surface area is 129 Å². The van der Waals surface area contributed by atoms with Crippen LogP contribution in [0.5, 0.6) is 5.75 Å². The van der Waals surface area contributed by atoms with E-state index in [-0.39, 0.29) is 5.41 Å². The third kappa shape index (κ3) is 3.68. The maximum atomic E-state index is 5.94. The highest BCUT2D eigenvalue weighted by Crippen LogP contribution is 2.32. The van der Waals surface area contributed by atoms with Crippen molar-refractivity contribution < 1.29 is 4.74 Å². The van der Waals surface area contributed by atoms with E-state index < -0.39 is 0 Å². The van der Waals surface area contributed by atoms with Gasteiger partial charge in [0.05, 0.1) is 17.8 Å².